The normalized spacial score (nSPS) is 17.1. The number of benzene rings is 1. The Bertz CT molecular complexity index is 354. The lowest BCUT2D eigenvalue weighted by atomic mass is 9.98. The van der Waals surface area contributed by atoms with Crippen molar-refractivity contribution < 1.29 is 13.5 Å². The third kappa shape index (κ3) is 1.95. The first kappa shape index (κ1) is 10.4. The summed E-state index contributed by atoms with van der Waals surface area (Å²) in [5, 5.41) is 0. The van der Waals surface area contributed by atoms with Gasteiger partial charge >= 0.3 is 0 Å². The lowest BCUT2D eigenvalue weighted by Crippen LogP contribution is -2.21. The summed E-state index contributed by atoms with van der Waals surface area (Å²) >= 11 is 0. The van der Waals surface area contributed by atoms with Gasteiger partial charge in [-0.3, -0.25) is 0 Å². The molecule has 1 atom stereocenters. The van der Waals surface area contributed by atoms with E-state index in [2.05, 4.69) is 0 Å². The first-order valence-electron chi connectivity index (χ1n) is 4.98. The van der Waals surface area contributed by atoms with Gasteiger partial charge in [0.1, 0.15) is 5.75 Å². The van der Waals surface area contributed by atoms with Crippen molar-refractivity contribution in [2.45, 2.75) is 25.3 Å². The Morgan fingerprint density at radius 3 is 2.87 bits per heavy atom. The average Bonchev–Trinajstić information content (AvgIpc) is 2.27. The van der Waals surface area contributed by atoms with Crippen LogP contribution in [0.4, 0.5) is 8.78 Å². The lowest BCUT2D eigenvalue weighted by Gasteiger charge is -2.22. The molecule has 1 heterocycles. The standard InChI is InChI=1S/C11H13F2NO/c12-11(13)9(14)8-5-1-3-7-4-2-6-15-10(7)8/h1,3,5,9,11H,2,4,6,14H2. The first-order valence-corrected chi connectivity index (χ1v) is 4.98. The summed E-state index contributed by atoms with van der Waals surface area (Å²) in [4.78, 5) is 0. The number of aryl methyl sites for hydroxylation is 1. The minimum absolute atomic E-state index is 0.419. The topological polar surface area (TPSA) is 35.2 Å². The number of hydrogen-bond acceptors (Lipinski definition) is 2. The maximum atomic E-state index is 12.5. The maximum absolute atomic E-state index is 12.5. The number of ether oxygens (including phenoxy) is 1. The van der Waals surface area contributed by atoms with Gasteiger partial charge in [0.15, 0.2) is 0 Å². The van der Waals surface area contributed by atoms with Gasteiger partial charge in [0.2, 0.25) is 0 Å². The summed E-state index contributed by atoms with van der Waals surface area (Å²) < 4.78 is 30.4. The Morgan fingerprint density at radius 1 is 1.33 bits per heavy atom. The fraction of sp³-hybridized carbons (Fsp3) is 0.455. The SMILES string of the molecule is NC(c1cccc2c1OCCC2)C(F)F. The summed E-state index contributed by atoms with van der Waals surface area (Å²) in [5.41, 5.74) is 6.83. The number of para-hydroxylation sites is 1. The van der Waals surface area contributed by atoms with Crippen molar-refractivity contribution in [3.05, 3.63) is 29.3 Å². The van der Waals surface area contributed by atoms with E-state index in [4.69, 9.17) is 10.5 Å². The Morgan fingerprint density at radius 2 is 2.13 bits per heavy atom. The van der Waals surface area contributed by atoms with Gasteiger partial charge in [-0.15, -0.1) is 0 Å². The summed E-state index contributed by atoms with van der Waals surface area (Å²) in [6, 6.07) is 4.01. The smallest absolute Gasteiger partial charge is 0.257 e. The highest BCUT2D eigenvalue weighted by Crippen LogP contribution is 2.33. The molecule has 1 aliphatic rings. The van der Waals surface area contributed by atoms with Crippen LogP contribution in [0.15, 0.2) is 18.2 Å². The largest absolute Gasteiger partial charge is 0.493 e. The minimum Gasteiger partial charge on any atom is -0.493 e. The molecule has 2 nitrogen and oxygen atoms in total. The zero-order valence-electron chi connectivity index (χ0n) is 8.25. The number of alkyl halides is 2. The van der Waals surface area contributed by atoms with Crippen LogP contribution in [0.2, 0.25) is 0 Å². The van der Waals surface area contributed by atoms with Crippen LogP contribution in [0.3, 0.4) is 0 Å². The van der Waals surface area contributed by atoms with Crippen molar-refractivity contribution >= 4 is 0 Å². The number of nitrogens with two attached hydrogens (primary N) is 1. The molecular weight excluding hydrogens is 200 g/mol. The predicted octanol–water partition coefficient (Wildman–Crippen LogP) is 2.28. The molecule has 1 aromatic carbocycles. The fourth-order valence-electron chi connectivity index (χ4n) is 1.81. The second-order valence-electron chi connectivity index (χ2n) is 3.65. The van der Waals surface area contributed by atoms with Crippen LogP contribution in [0.5, 0.6) is 5.75 Å². The molecule has 0 radical (unpaired) electrons. The van der Waals surface area contributed by atoms with Gasteiger partial charge in [-0.05, 0) is 18.4 Å². The van der Waals surface area contributed by atoms with Gasteiger partial charge in [-0.1, -0.05) is 18.2 Å². The van der Waals surface area contributed by atoms with Gasteiger partial charge in [-0.2, -0.15) is 0 Å². The van der Waals surface area contributed by atoms with Crippen LogP contribution in [-0.2, 0) is 6.42 Å². The number of fused-ring (bicyclic) bond motifs is 1. The van der Waals surface area contributed by atoms with E-state index >= 15 is 0 Å². The summed E-state index contributed by atoms with van der Waals surface area (Å²) in [5.74, 6) is 0.566. The average molecular weight is 213 g/mol. The molecule has 0 fully saturated rings. The van der Waals surface area contributed by atoms with Crippen molar-refractivity contribution in [3.63, 3.8) is 0 Å². The number of halogens is 2. The van der Waals surface area contributed by atoms with Crippen LogP contribution >= 0.6 is 0 Å². The molecular formula is C11H13F2NO. The summed E-state index contributed by atoms with van der Waals surface area (Å²) in [6.07, 6.45) is -0.749. The van der Waals surface area contributed by atoms with Gasteiger partial charge in [0.05, 0.1) is 12.6 Å². The Kier molecular flexibility index (Phi) is 2.86. The molecule has 0 saturated heterocycles. The van der Waals surface area contributed by atoms with Crippen LogP contribution < -0.4 is 10.5 Å². The highest BCUT2D eigenvalue weighted by molar-refractivity contribution is 5.44. The molecule has 82 valence electrons. The van der Waals surface area contributed by atoms with E-state index < -0.39 is 12.5 Å². The Hall–Kier alpha value is -1.16. The second-order valence-corrected chi connectivity index (χ2v) is 3.65. The van der Waals surface area contributed by atoms with E-state index in [1.807, 2.05) is 6.07 Å². The number of rotatable bonds is 2. The first-order chi connectivity index (χ1) is 7.20. The third-order valence-electron chi connectivity index (χ3n) is 2.59. The molecule has 0 aliphatic carbocycles. The second kappa shape index (κ2) is 4.14. The van der Waals surface area contributed by atoms with Gasteiger partial charge in [0.25, 0.3) is 6.43 Å². The molecule has 2 N–H and O–H groups in total. The Labute approximate surface area is 87.0 Å². The van der Waals surface area contributed by atoms with E-state index in [0.29, 0.717) is 17.9 Å². The van der Waals surface area contributed by atoms with Gasteiger partial charge in [-0.25, -0.2) is 8.78 Å². The van der Waals surface area contributed by atoms with Crippen LogP contribution in [0.25, 0.3) is 0 Å². The minimum atomic E-state index is -2.55. The summed E-state index contributed by atoms with van der Waals surface area (Å²) in [6.45, 7) is 0.583. The quantitative estimate of drug-likeness (QED) is 0.818. The van der Waals surface area contributed by atoms with Crippen molar-refractivity contribution in [2.75, 3.05) is 6.61 Å². The van der Waals surface area contributed by atoms with E-state index in [0.717, 1.165) is 18.4 Å². The zero-order chi connectivity index (χ0) is 10.8. The van der Waals surface area contributed by atoms with Crippen LogP contribution in [-0.4, -0.2) is 13.0 Å². The molecule has 0 aromatic heterocycles. The van der Waals surface area contributed by atoms with Gasteiger partial charge in [0, 0.05) is 5.56 Å². The highest BCUT2D eigenvalue weighted by atomic mass is 19.3. The molecule has 0 bridgehead atoms. The van der Waals surface area contributed by atoms with Crippen molar-refractivity contribution in [1.82, 2.24) is 0 Å². The lowest BCUT2D eigenvalue weighted by molar-refractivity contribution is 0.114. The molecule has 0 saturated carbocycles. The summed E-state index contributed by atoms with van der Waals surface area (Å²) in [7, 11) is 0. The van der Waals surface area contributed by atoms with E-state index in [-0.39, 0.29) is 0 Å². The van der Waals surface area contributed by atoms with Crippen molar-refractivity contribution in [3.8, 4) is 5.75 Å². The molecule has 2 rings (SSSR count). The van der Waals surface area contributed by atoms with Crippen LogP contribution in [0, 0.1) is 0 Å². The molecule has 1 aromatic rings. The monoisotopic (exact) mass is 213 g/mol. The van der Waals surface area contributed by atoms with E-state index in [9.17, 15) is 8.78 Å². The van der Waals surface area contributed by atoms with Crippen molar-refractivity contribution in [1.29, 1.82) is 0 Å². The Balaban J connectivity index is 2.39. The molecule has 4 heteroatoms. The number of hydrogen-bond donors (Lipinski definition) is 1. The van der Waals surface area contributed by atoms with Crippen molar-refractivity contribution in [2.24, 2.45) is 5.73 Å². The molecule has 0 spiro atoms. The molecule has 1 aliphatic heterocycles. The van der Waals surface area contributed by atoms with E-state index in [1.165, 1.54) is 0 Å². The van der Waals surface area contributed by atoms with Gasteiger partial charge < -0.3 is 10.5 Å². The highest BCUT2D eigenvalue weighted by Gasteiger charge is 2.24. The predicted molar refractivity (Wildman–Crippen MR) is 53.2 cm³/mol. The third-order valence-corrected chi connectivity index (χ3v) is 2.59. The molecule has 0 amide bonds. The zero-order valence-corrected chi connectivity index (χ0v) is 8.25. The molecule has 1 unspecified atom stereocenters. The fourth-order valence-corrected chi connectivity index (χ4v) is 1.81. The van der Waals surface area contributed by atoms with Crippen LogP contribution in [0.1, 0.15) is 23.6 Å². The maximum Gasteiger partial charge on any atom is 0.257 e. The van der Waals surface area contributed by atoms with E-state index in [1.54, 1.807) is 12.1 Å². The molecule has 15 heavy (non-hydrogen) atoms.